The van der Waals surface area contributed by atoms with Crippen LogP contribution in [0, 0.1) is 5.82 Å². The van der Waals surface area contributed by atoms with Crippen LogP contribution in [0.5, 0.6) is 11.5 Å². The topological polar surface area (TPSA) is 67.4 Å². The number of benzene rings is 3. The van der Waals surface area contributed by atoms with E-state index in [1.807, 2.05) is 5.32 Å². The van der Waals surface area contributed by atoms with Crippen molar-refractivity contribution < 1.29 is 31.9 Å². The molecule has 0 aliphatic heterocycles. The summed E-state index contributed by atoms with van der Waals surface area (Å²) in [4.78, 5) is 24.1. The number of hydrogen-bond acceptors (Lipinski definition) is 3. The van der Waals surface area contributed by atoms with Gasteiger partial charge in [0.05, 0.1) is 31.9 Å². The lowest BCUT2D eigenvalue weighted by Gasteiger charge is -2.14. The number of alkyl halides is 3. The van der Waals surface area contributed by atoms with E-state index in [0.717, 1.165) is 18.2 Å². The molecule has 0 aliphatic rings. The minimum absolute atomic E-state index is 0.0219. The predicted octanol–water partition coefficient (Wildman–Crippen LogP) is 7.56. The Hall–Kier alpha value is -3.01. The van der Waals surface area contributed by atoms with Gasteiger partial charge in [0, 0.05) is 6.07 Å². The van der Waals surface area contributed by atoms with Crippen molar-refractivity contribution in [2.75, 3.05) is 5.32 Å². The van der Waals surface area contributed by atoms with Gasteiger partial charge in [-0.2, -0.15) is 13.2 Å². The molecule has 3 amide bonds. The SMILES string of the molecule is O=C(NC(=O)c1ccccc1F)Nc1cc(Cl)c(Oc2ccc(C(F)(F)F)cc2Cl)cc1Cl. The molecule has 0 atom stereocenters. The second kappa shape index (κ2) is 9.86. The van der Waals surface area contributed by atoms with E-state index in [2.05, 4.69) is 5.32 Å². The first-order valence-electron chi connectivity index (χ1n) is 8.86. The Bertz CT molecular complexity index is 1240. The van der Waals surface area contributed by atoms with Crippen molar-refractivity contribution in [3.05, 3.63) is 86.6 Å². The van der Waals surface area contributed by atoms with Crippen LogP contribution in [0.2, 0.25) is 15.1 Å². The quantitative estimate of drug-likeness (QED) is 0.348. The minimum atomic E-state index is -4.58. The van der Waals surface area contributed by atoms with Crippen LogP contribution < -0.4 is 15.4 Å². The van der Waals surface area contributed by atoms with Crippen molar-refractivity contribution in [1.29, 1.82) is 0 Å². The Kier molecular flexibility index (Phi) is 7.36. The molecule has 2 N–H and O–H groups in total. The molecule has 0 heterocycles. The number of anilines is 1. The average molecular weight is 522 g/mol. The molecule has 12 heteroatoms. The van der Waals surface area contributed by atoms with Gasteiger partial charge in [0.1, 0.15) is 17.3 Å². The molecule has 0 saturated heterocycles. The summed E-state index contributed by atoms with van der Waals surface area (Å²) in [6.07, 6.45) is -4.58. The highest BCUT2D eigenvalue weighted by atomic mass is 35.5. The van der Waals surface area contributed by atoms with E-state index in [0.29, 0.717) is 6.07 Å². The third-order valence-electron chi connectivity index (χ3n) is 4.09. The molecule has 172 valence electrons. The number of imide groups is 1. The number of hydrogen-bond donors (Lipinski definition) is 2. The zero-order valence-corrected chi connectivity index (χ0v) is 18.3. The first-order chi connectivity index (χ1) is 15.5. The van der Waals surface area contributed by atoms with Crippen LogP contribution in [0.25, 0.3) is 0 Å². The molecule has 0 fully saturated rings. The Morgan fingerprint density at radius 3 is 2.15 bits per heavy atom. The smallest absolute Gasteiger partial charge is 0.416 e. The third kappa shape index (κ3) is 6.07. The number of ether oxygens (including phenoxy) is 1. The molecule has 0 aromatic heterocycles. The first-order valence-corrected chi connectivity index (χ1v) is 9.99. The van der Waals surface area contributed by atoms with E-state index >= 15 is 0 Å². The van der Waals surface area contributed by atoms with E-state index in [9.17, 15) is 27.2 Å². The van der Waals surface area contributed by atoms with Gasteiger partial charge in [-0.3, -0.25) is 10.1 Å². The summed E-state index contributed by atoms with van der Waals surface area (Å²) in [5.74, 6) is -1.97. The number of halogens is 7. The van der Waals surface area contributed by atoms with Gasteiger partial charge in [-0.25, -0.2) is 9.18 Å². The number of amides is 3. The molecule has 33 heavy (non-hydrogen) atoms. The zero-order chi connectivity index (χ0) is 24.3. The van der Waals surface area contributed by atoms with Crippen molar-refractivity contribution in [2.24, 2.45) is 0 Å². The summed E-state index contributed by atoms with van der Waals surface area (Å²) in [7, 11) is 0. The minimum Gasteiger partial charge on any atom is -0.454 e. The average Bonchev–Trinajstić information content (AvgIpc) is 2.72. The van der Waals surface area contributed by atoms with Gasteiger partial charge in [-0.15, -0.1) is 0 Å². The molecule has 3 aromatic carbocycles. The molecule has 0 aliphatic carbocycles. The van der Waals surface area contributed by atoms with E-state index in [4.69, 9.17) is 39.5 Å². The van der Waals surface area contributed by atoms with Crippen LogP contribution in [0.15, 0.2) is 54.6 Å². The third-order valence-corrected chi connectivity index (χ3v) is 5.00. The number of rotatable bonds is 4. The normalized spacial score (nSPS) is 11.1. The summed E-state index contributed by atoms with van der Waals surface area (Å²) >= 11 is 18.1. The molecule has 0 saturated carbocycles. The van der Waals surface area contributed by atoms with Gasteiger partial charge >= 0.3 is 12.2 Å². The van der Waals surface area contributed by atoms with E-state index in [1.165, 1.54) is 30.3 Å². The first kappa shape index (κ1) is 24.6. The number of carbonyl (C=O) groups excluding carboxylic acids is 2. The van der Waals surface area contributed by atoms with Crippen molar-refractivity contribution in [2.45, 2.75) is 6.18 Å². The molecular formula is C21H11Cl3F4N2O3. The fourth-order valence-electron chi connectivity index (χ4n) is 2.55. The van der Waals surface area contributed by atoms with Gasteiger partial charge < -0.3 is 10.1 Å². The summed E-state index contributed by atoms with van der Waals surface area (Å²) in [5.41, 5.74) is -1.32. The molecular weight excluding hydrogens is 511 g/mol. The lowest BCUT2D eigenvalue weighted by Crippen LogP contribution is -2.34. The maximum atomic E-state index is 13.7. The van der Waals surface area contributed by atoms with Crippen molar-refractivity contribution in [3.63, 3.8) is 0 Å². The van der Waals surface area contributed by atoms with Gasteiger partial charge in [0.25, 0.3) is 5.91 Å². The lowest BCUT2D eigenvalue weighted by molar-refractivity contribution is -0.137. The highest BCUT2D eigenvalue weighted by molar-refractivity contribution is 6.37. The molecule has 0 spiro atoms. The Labute approximate surface area is 199 Å². The van der Waals surface area contributed by atoms with Crippen LogP contribution in [-0.2, 0) is 6.18 Å². The van der Waals surface area contributed by atoms with Crippen LogP contribution >= 0.6 is 34.8 Å². The Morgan fingerprint density at radius 1 is 0.848 bits per heavy atom. The molecule has 0 unspecified atom stereocenters. The van der Waals surface area contributed by atoms with Crippen molar-refractivity contribution in [3.8, 4) is 11.5 Å². The van der Waals surface area contributed by atoms with Gasteiger partial charge in [-0.05, 0) is 36.4 Å². The Balaban J connectivity index is 1.73. The summed E-state index contributed by atoms with van der Waals surface area (Å²) in [6.45, 7) is 0. The number of carbonyl (C=O) groups is 2. The number of nitrogens with one attached hydrogen (secondary N) is 2. The second-order valence-electron chi connectivity index (χ2n) is 6.40. The molecule has 0 radical (unpaired) electrons. The highest BCUT2D eigenvalue weighted by Crippen LogP contribution is 2.40. The van der Waals surface area contributed by atoms with Gasteiger partial charge in [-0.1, -0.05) is 46.9 Å². The van der Waals surface area contributed by atoms with E-state index in [1.54, 1.807) is 0 Å². The Morgan fingerprint density at radius 2 is 1.52 bits per heavy atom. The monoisotopic (exact) mass is 520 g/mol. The fourth-order valence-corrected chi connectivity index (χ4v) is 3.17. The van der Waals surface area contributed by atoms with Crippen LogP contribution in [0.3, 0.4) is 0 Å². The standard InChI is InChI=1S/C21H11Cl3F4N2O3/c22-12-9-18(33-17-6-5-10(7-13(17)23)21(26,27)28)14(24)8-16(12)29-20(32)30-19(31)11-3-1-2-4-15(11)25/h1-9H,(H2,29,30,31,32). The van der Waals surface area contributed by atoms with Crippen molar-refractivity contribution in [1.82, 2.24) is 5.32 Å². The zero-order valence-electron chi connectivity index (χ0n) is 16.1. The van der Waals surface area contributed by atoms with Gasteiger partial charge in [0.15, 0.2) is 0 Å². The summed E-state index contributed by atoms with van der Waals surface area (Å²) < 4.78 is 57.4. The van der Waals surface area contributed by atoms with E-state index < -0.39 is 29.5 Å². The fraction of sp³-hybridized carbons (Fsp3) is 0.0476. The highest BCUT2D eigenvalue weighted by Gasteiger charge is 2.31. The summed E-state index contributed by atoms with van der Waals surface area (Å²) in [5, 5.41) is 3.75. The largest absolute Gasteiger partial charge is 0.454 e. The van der Waals surface area contributed by atoms with Crippen molar-refractivity contribution >= 4 is 52.4 Å². The van der Waals surface area contributed by atoms with Crippen LogP contribution in [-0.4, -0.2) is 11.9 Å². The second-order valence-corrected chi connectivity index (χ2v) is 7.62. The van der Waals surface area contributed by atoms with Crippen LogP contribution in [0.4, 0.5) is 28.0 Å². The maximum Gasteiger partial charge on any atom is 0.416 e. The molecule has 5 nitrogen and oxygen atoms in total. The maximum absolute atomic E-state index is 13.7. The lowest BCUT2D eigenvalue weighted by atomic mass is 10.2. The van der Waals surface area contributed by atoms with Crippen LogP contribution in [0.1, 0.15) is 15.9 Å². The van der Waals surface area contributed by atoms with Gasteiger partial charge in [0.2, 0.25) is 0 Å². The summed E-state index contributed by atoms with van der Waals surface area (Å²) in [6, 6.07) is 8.92. The molecule has 0 bridgehead atoms. The molecule has 3 rings (SSSR count). The predicted molar refractivity (Wildman–Crippen MR) is 116 cm³/mol. The van der Waals surface area contributed by atoms with E-state index in [-0.39, 0.29) is 37.8 Å². The number of urea groups is 1. The molecule has 3 aromatic rings.